The highest BCUT2D eigenvalue weighted by Crippen LogP contribution is 2.22. The summed E-state index contributed by atoms with van der Waals surface area (Å²) >= 11 is 0. The zero-order chi connectivity index (χ0) is 16.4. The molecule has 23 heavy (non-hydrogen) atoms. The highest BCUT2D eigenvalue weighted by atomic mass is 16.5. The molecule has 1 amide bonds. The van der Waals surface area contributed by atoms with E-state index in [0.717, 1.165) is 11.1 Å². The highest BCUT2D eigenvalue weighted by Gasteiger charge is 2.33. The van der Waals surface area contributed by atoms with Crippen molar-refractivity contribution in [3.05, 3.63) is 48.4 Å². The molecular formula is C17H17NO5. The number of rotatable bonds is 3. The molecule has 0 radical (unpaired) electrons. The van der Waals surface area contributed by atoms with E-state index in [0.29, 0.717) is 12.1 Å². The quantitative estimate of drug-likeness (QED) is 0.940. The lowest BCUT2D eigenvalue weighted by atomic mass is 10.0. The van der Waals surface area contributed by atoms with E-state index >= 15 is 0 Å². The number of hydrogen-bond donors (Lipinski definition) is 1. The molecule has 2 heterocycles. The van der Waals surface area contributed by atoms with Gasteiger partial charge in [0.15, 0.2) is 6.10 Å². The molecular weight excluding hydrogens is 298 g/mol. The van der Waals surface area contributed by atoms with Gasteiger partial charge in [0.2, 0.25) is 0 Å². The summed E-state index contributed by atoms with van der Waals surface area (Å²) in [6.07, 6.45) is 1.89. The number of ether oxygens (including phenoxy) is 1. The van der Waals surface area contributed by atoms with Gasteiger partial charge in [-0.1, -0.05) is 12.1 Å². The summed E-state index contributed by atoms with van der Waals surface area (Å²) in [5.41, 5.74) is 2.28. The number of carbonyl (C=O) groups is 2. The van der Waals surface area contributed by atoms with E-state index in [1.54, 1.807) is 37.6 Å². The molecule has 1 N–H and O–H groups in total. The molecule has 2 aromatic rings. The first-order valence-electron chi connectivity index (χ1n) is 7.35. The SMILES string of the molecule is C[C@@H]1CN(C(=O)c2cccc(-c3ccoc3)c2)CC(C(=O)O)O1. The second kappa shape index (κ2) is 6.26. The zero-order valence-corrected chi connectivity index (χ0v) is 12.6. The first-order valence-corrected chi connectivity index (χ1v) is 7.35. The van der Waals surface area contributed by atoms with E-state index in [9.17, 15) is 9.59 Å². The van der Waals surface area contributed by atoms with Crippen LogP contribution in [-0.2, 0) is 9.53 Å². The number of carboxylic acid groups (broad SMARTS) is 1. The lowest BCUT2D eigenvalue weighted by molar-refractivity contribution is -0.160. The number of carbonyl (C=O) groups excluding carboxylic acids is 1. The number of morpholine rings is 1. The minimum absolute atomic E-state index is 0.0500. The van der Waals surface area contributed by atoms with Gasteiger partial charge in [-0.25, -0.2) is 4.79 Å². The Balaban J connectivity index is 1.82. The number of hydrogen-bond acceptors (Lipinski definition) is 4. The Hall–Kier alpha value is -2.60. The van der Waals surface area contributed by atoms with Gasteiger partial charge < -0.3 is 19.2 Å². The Morgan fingerprint density at radius 3 is 2.74 bits per heavy atom. The van der Waals surface area contributed by atoms with Gasteiger partial charge in [0.25, 0.3) is 5.91 Å². The molecule has 0 spiro atoms. The van der Waals surface area contributed by atoms with Gasteiger partial charge in [0, 0.05) is 17.7 Å². The largest absolute Gasteiger partial charge is 0.479 e. The van der Waals surface area contributed by atoms with Crippen molar-refractivity contribution in [2.24, 2.45) is 0 Å². The Bertz CT molecular complexity index is 710. The second-order valence-corrected chi connectivity index (χ2v) is 5.58. The van der Waals surface area contributed by atoms with E-state index in [2.05, 4.69) is 0 Å². The van der Waals surface area contributed by atoms with Gasteiger partial charge in [0.05, 0.1) is 25.2 Å². The van der Waals surface area contributed by atoms with Crippen molar-refractivity contribution in [2.75, 3.05) is 13.1 Å². The van der Waals surface area contributed by atoms with Crippen molar-refractivity contribution in [3.8, 4) is 11.1 Å². The van der Waals surface area contributed by atoms with Gasteiger partial charge in [-0.2, -0.15) is 0 Å². The normalized spacial score (nSPS) is 21.2. The van der Waals surface area contributed by atoms with E-state index in [1.165, 1.54) is 4.90 Å². The molecule has 6 heteroatoms. The number of amides is 1. The molecule has 120 valence electrons. The predicted octanol–water partition coefficient (Wildman–Crippen LogP) is 2.26. The molecule has 0 bridgehead atoms. The molecule has 0 aliphatic carbocycles. The molecule has 2 atom stereocenters. The van der Waals surface area contributed by atoms with E-state index in [-0.39, 0.29) is 18.6 Å². The van der Waals surface area contributed by atoms with Gasteiger partial charge in [-0.05, 0) is 30.7 Å². The zero-order valence-electron chi connectivity index (χ0n) is 12.6. The first-order chi connectivity index (χ1) is 11.0. The molecule has 0 saturated carbocycles. The van der Waals surface area contributed by atoms with Crippen LogP contribution in [0.1, 0.15) is 17.3 Å². The summed E-state index contributed by atoms with van der Waals surface area (Å²) in [4.78, 5) is 25.4. The maximum atomic E-state index is 12.7. The van der Waals surface area contributed by atoms with Crippen LogP contribution >= 0.6 is 0 Å². The number of carboxylic acids is 1. The Morgan fingerprint density at radius 2 is 2.04 bits per heavy atom. The van der Waals surface area contributed by atoms with Crippen LogP contribution in [-0.4, -0.2) is 47.2 Å². The van der Waals surface area contributed by atoms with E-state index in [4.69, 9.17) is 14.3 Å². The highest BCUT2D eigenvalue weighted by molar-refractivity contribution is 5.96. The van der Waals surface area contributed by atoms with Crippen LogP contribution in [0.2, 0.25) is 0 Å². The third-order valence-corrected chi connectivity index (χ3v) is 3.79. The van der Waals surface area contributed by atoms with Crippen LogP contribution in [0.15, 0.2) is 47.3 Å². The van der Waals surface area contributed by atoms with Crippen LogP contribution in [0.4, 0.5) is 0 Å². The summed E-state index contributed by atoms with van der Waals surface area (Å²) in [7, 11) is 0. The monoisotopic (exact) mass is 315 g/mol. The van der Waals surface area contributed by atoms with Crippen molar-refractivity contribution in [3.63, 3.8) is 0 Å². The molecule has 1 fully saturated rings. The Morgan fingerprint density at radius 1 is 1.22 bits per heavy atom. The van der Waals surface area contributed by atoms with Crippen molar-refractivity contribution in [1.82, 2.24) is 4.90 Å². The smallest absolute Gasteiger partial charge is 0.334 e. The minimum atomic E-state index is -1.05. The number of nitrogens with zero attached hydrogens (tertiary/aromatic N) is 1. The minimum Gasteiger partial charge on any atom is -0.479 e. The molecule has 1 aliphatic heterocycles. The van der Waals surface area contributed by atoms with Crippen LogP contribution in [0, 0.1) is 0 Å². The molecule has 1 aromatic carbocycles. The van der Waals surface area contributed by atoms with Gasteiger partial charge in [-0.15, -0.1) is 0 Å². The van der Waals surface area contributed by atoms with Crippen LogP contribution in [0.5, 0.6) is 0 Å². The lowest BCUT2D eigenvalue weighted by Crippen LogP contribution is -2.51. The summed E-state index contributed by atoms with van der Waals surface area (Å²) in [5.74, 6) is -1.25. The fourth-order valence-electron chi connectivity index (χ4n) is 2.70. The lowest BCUT2D eigenvalue weighted by Gasteiger charge is -2.35. The summed E-state index contributed by atoms with van der Waals surface area (Å²) in [5, 5.41) is 9.12. The van der Waals surface area contributed by atoms with Crippen LogP contribution in [0.3, 0.4) is 0 Å². The molecule has 1 aliphatic rings. The summed E-state index contributed by atoms with van der Waals surface area (Å²) < 4.78 is 10.4. The van der Waals surface area contributed by atoms with Gasteiger partial charge in [0.1, 0.15) is 0 Å². The van der Waals surface area contributed by atoms with Gasteiger partial charge >= 0.3 is 5.97 Å². The van der Waals surface area contributed by atoms with Crippen molar-refractivity contribution in [2.45, 2.75) is 19.1 Å². The number of furan rings is 1. The average molecular weight is 315 g/mol. The topological polar surface area (TPSA) is 80.0 Å². The third-order valence-electron chi connectivity index (χ3n) is 3.79. The van der Waals surface area contributed by atoms with E-state index in [1.807, 2.05) is 12.1 Å². The third kappa shape index (κ3) is 3.27. The maximum Gasteiger partial charge on any atom is 0.334 e. The van der Waals surface area contributed by atoms with Gasteiger partial charge in [-0.3, -0.25) is 4.79 Å². The van der Waals surface area contributed by atoms with Crippen molar-refractivity contribution < 1.29 is 23.8 Å². The fourth-order valence-corrected chi connectivity index (χ4v) is 2.70. The Kier molecular flexibility index (Phi) is 4.16. The van der Waals surface area contributed by atoms with Crippen LogP contribution in [0.25, 0.3) is 11.1 Å². The molecule has 1 unspecified atom stereocenters. The van der Waals surface area contributed by atoms with Crippen molar-refractivity contribution in [1.29, 1.82) is 0 Å². The predicted molar refractivity (Wildman–Crippen MR) is 82.0 cm³/mol. The summed E-state index contributed by atoms with van der Waals surface area (Å²) in [6.45, 7) is 2.18. The Labute approximate surface area is 133 Å². The first kappa shape index (κ1) is 15.3. The molecule has 6 nitrogen and oxygen atoms in total. The molecule has 1 saturated heterocycles. The standard InChI is InChI=1S/C17H17NO5/c1-11-8-18(9-15(23-11)17(20)21)16(19)13-4-2-3-12(7-13)14-5-6-22-10-14/h2-7,10-11,15H,8-9H2,1H3,(H,20,21)/t11-,15?/m1/s1. The van der Waals surface area contributed by atoms with Crippen molar-refractivity contribution >= 4 is 11.9 Å². The average Bonchev–Trinajstić information content (AvgIpc) is 3.08. The van der Waals surface area contributed by atoms with E-state index < -0.39 is 12.1 Å². The second-order valence-electron chi connectivity index (χ2n) is 5.58. The molecule has 1 aromatic heterocycles. The fraction of sp³-hybridized carbons (Fsp3) is 0.294. The summed E-state index contributed by atoms with van der Waals surface area (Å²) in [6, 6.07) is 9.02. The maximum absolute atomic E-state index is 12.7. The number of benzene rings is 1. The molecule has 3 rings (SSSR count). The number of aliphatic carboxylic acids is 1. The van der Waals surface area contributed by atoms with Crippen LogP contribution < -0.4 is 0 Å².